The number of thiazole rings is 1. The number of hydrogen-bond acceptors (Lipinski definition) is 7. The van der Waals surface area contributed by atoms with Crippen molar-refractivity contribution in [2.45, 2.75) is 6.54 Å². The summed E-state index contributed by atoms with van der Waals surface area (Å²) in [6, 6.07) is 12.1. The quantitative estimate of drug-likeness (QED) is 0.368. The molecule has 31 heavy (non-hydrogen) atoms. The minimum Gasteiger partial charge on any atom is -0.497 e. The molecule has 2 heterocycles. The van der Waals surface area contributed by atoms with Crippen molar-refractivity contribution < 1.29 is 23.4 Å². The largest absolute Gasteiger partial charge is 0.497 e. The van der Waals surface area contributed by atoms with E-state index in [1.807, 2.05) is 0 Å². The smallest absolute Gasteiger partial charge is 0.260 e. The number of methoxy groups -OCH3 is 3. The molecule has 0 saturated carbocycles. The standard InChI is InChI=1S/C22H19ClN2O5S/c1-27-15-9-13(10-16(11-15)28-2)21(26)25(12-14-5-4-8-30-14)22-24-19-18(29-3)7-6-17(23)20(19)31-22/h4-11H,12H2,1-3H3. The molecule has 1 amide bonds. The van der Waals surface area contributed by atoms with Gasteiger partial charge in [-0.1, -0.05) is 22.9 Å². The van der Waals surface area contributed by atoms with Gasteiger partial charge in [0.15, 0.2) is 5.13 Å². The average Bonchev–Trinajstić information content (AvgIpc) is 3.47. The second-order valence-corrected chi connectivity index (χ2v) is 7.88. The first-order chi connectivity index (χ1) is 15.0. The SMILES string of the molecule is COc1cc(OC)cc(C(=O)N(Cc2ccco2)c2nc3c(OC)ccc(Cl)c3s2)c1. The molecule has 0 aliphatic rings. The van der Waals surface area contributed by atoms with Crippen LogP contribution in [0.3, 0.4) is 0 Å². The predicted molar refractivity (Wildman–Crippen MR) is 120 cm³/mol. The molecule has 0 N–H and O–H groups in total. The summed E-state index contributed by atoms with van der Waals surface area (Å²) in [4.78, 5) is 19.8. The Hall–Kier alpha value is -3.23. The highest BCUT2D eigenvalue weighted by molar-refractivity contribution is 7.23. The number of carbonyl (C=O) groups is 1. The van der Waals surface area contributed by atoms with Crippen LogP contribution in [0.1, 0.15) is 16.1 Å². The molecular formula is C22H19ClN2O5S. The van der Waals surface area contributed by atoms with Crippen LogP contribution >= 0.6 is 22.9 Å². The van der Waals surface area contributed by atoms with Crippen molar-refractivity contribution in [3.8, 4) is 17.2 Å². The third-order valence-corrected chi connectivity index (χ3v) is 6.17. The van der Waals surface area contributed by atoms with E-state index < -0.39 is 0 Å². The monoisotopic (exact) mass is 458 g/mol. The van der Waals surface area contributed by atoms with Gasteiger partial charge >= 0.3 is 0 Å². The lowest BCUT2D eigenvalue weighted by Gasteiger charge is -2.19. The topological polar surface area (TPSA) is 74.0 Å². The fourth-order valence-electron chi connectivity index (χ4n) is 3.09. The van der Waals surface area contributed by atoms with Crippen molar-refractivity contribution in [2.24, 2.45) is 0 Å². The molecule has 0 aliphatic carbocycles. The maximum atomic E-state index is 13.6. The van der Waals surface area contributed by atoms with Crippen LogP contribution in [-0.4, -0.2) is 32.2 Å². The normalized spacial score (nSPS) is 10.8. The van der Waals surface area contributed by atoms with Crippen molar-refractivity contribution in [3.05, 3.63) is 65.1 Å². The number of amides is 1. The lowest BCUT2D eigenvalue weighted by Crippen LogP contribution is -2.30. The number of anilines is 1. The summed E-state index contributed by atoms with van der Waals surface area (Å²) in [5.74, 6) is 1.92. The molecule has 2 aromatic heterocycles. The van der Waals surface area contributed by atoms with Gasteiger partial charge in [0.25, 0.3) is 5.91 Å². The highest BCUT2D eigenvalue weighted by Gasteiger charge is 2.25. The summed E-state index contributed by atoms with van der Waals surface area (Å²) >= 11 is 7.69. The molecule has 160 valence electrons. The Morgan fingerprint density at radius 2 is 1.84 bits per heavy atom. The molecule has 0 spiro atoms. The van der Waals surface area contributed by atoms with Crippen LogP contribution in [0.25, 0.3) is 10.2 Å². The molecule has 0 bridgehead atoms. The Labute approximate surface area is 187 Å². The van der Waals surface area contributed by atoms with Crippen molar-refractivity contribution >= 4 is 44.2 Å². The zero-order valence-corrected chi connectivity index (χ0v) is 18.6. The van der Waals surface area contributed by atoms with E-state index >= 15 is 0 Å². The molecule has 4 rings (SSSR count). The van der Waals surface area contributed by atoms with Gasteiger partial charge < -0.3 is 18.6 Å². The summed E-state index contributed by atoms with van der Waals surface area (Å²) in [7, 11) is 4.63. The molecule has 0 aliphatic heterocycles. The lowest BCUT2D eigenvalue weighted by atomic mass is 10.1. The van der Waals surface area contributed by atoms with Crippen LogP contribution in [0.2, 0.25) is 5.02 Å². The van der Waals surface area contributed by atoms with Gasteiger partial charge in [-0.05, 0) is 36.4 Å². The summed E-state index contributed by atoms with van der Waals surface area (Å²) in [6.07, 6.45) is 1.56. The van der Waals surface area contributed by atoms with E-state index in [1.165, 1.54) is 30.5 Å². The Morgan fingerprint density at radius 1 is 1.10 bits per heavy atom. The first-order valence-electron chi connectivity index (χ1n) is 9.24. The fourth-order valence-corrected chi connectivity index (χ4v) is 4.35. The predicted octanol–water partition coefficient (Wildman–Crippen LogP) is 5.42. The molecule has 0 saturated heterocycles. The maximum absolute atomic E-state index is 13.6. The molecule has 4 aromatic rings. The minimum absolute atomic E-state index is 0.186. The fraction of sp³-hybridized carbons (Fsp3) is 0.182. The van der Waals surface area contributed by atoms with Gasteiger partial charge in [0, 0.05) is 11.6 Å². The third-order valence-electron chi connectivity index (χ3n) is 4.64. The van der Waals surface area contributed by atoms with Crippen molar-refractivity contribution in [1.82, 2.24) is 4.98 Å². The summed E-state index contributed by atoms with van der Waals surface area (Å²) in [6.45, 7) is 0.186. The van der Waals surface area contributed by atoms with Crippen molar-refractivity contribution in [1.29, 1.82) is 0 Å². The molecule has 9 heteroatoms. The van der Waals surface area contributed by atoms with E-state index in [-0.39, 0.29) is 12.5 Å². The van der Waals surface area contributed by atoms with Crippen LogP contribution in [-0.2, 0) is 6.54 Å². The van der Waals surface area contributed by atoms with E-state index in [2.05, 4.69) is 4.98 Å². The third kappa shape index (κ3) is 4.17. The molecular weight excluding hydrogens is 440 g/mol. The van der Waals surface area contributed by atoms with Crippen LogP contribution in [0.5, 0.6) is 17.2 Å². The first kappa shape index (κ1) is 21.0. The van der Waals surface area contributed by atoms with Gasteiger partial charge in [0.05, 0.1) is 43.9 Å². The number of halogens is 1. The van der Waals surface area contributed by atoms with Crippen molar-refractivity contribution in [2.75, 3.05) is 26.2 Å². The second kappa shape index (κ2) is 8.87. The number of nitrogens with zero attached hydrogens (tertiary/aromatic N) is 2. The highest BCUT2D eigenvalue weighted by Crippen LogP contribution is 2.39. The van der Waals surface area contributed by atoms with E-state index in [9.17, 15) is 4.79 Å². The Morgan fingerprint density at radius 3 is 2.45 bits per heavy atom. The number of ether oxygens (including phenoxy) is 3. The maximum Gasteiger partial charge on any atom is 0.260 e. The Balaban J connectivity index is 1.83. The molecule has 0 fully saturated rings. The van der Waals surface area contributed by atoms with Crippen LogP contribution < -0.4 is 19.1 Å². The van der Waals surface area contributed by atoms with Gasteiger partial charge in [0.2, 0.25) is 0 Å². The summed E-state index contributed by atoms with van der Waals surface area (Å²) in [5, 5.41) is 0.998. The van der Waals surface area contributed by atoms with Gasteiger partial charge in [-0.15, -0.1) is 0 Å². The van der Waals surface area contributed by atoms with E-state index in [0.29, 0.717) is 44.2 Å². The molecule has 0 radical (unpaired) electrons. The van der Waals surface area contributed by atoms with Gasteiger partial charge in [-0.3, -0.25) is 9.69 Å². The number of furan rings is 1. The molecule has 7 nitrogen and oxygen atoms in total. The zero-order valence-electron chi connectivity index (χ0n) is 17.0. The molecule has 0 atom stereocenters. The molecule has 2 aromatic carbocycles. The van der Waals surface area contributed by atoms with Crippen LogP contribution in [0, 0.1) is 0 Å². The number of benzene rings is 2. The highest BCUT2D eigenvalue weighted by atomic mass is 35.5. The number of aromatic nitrogens is 1. The van der Waals surface area contributed by atoms with Crippen molar-refractivity contribution in [3.63, 3.8) is 0 Å². The van der Waals surface area contributed by atoms with E-state index in [0.717, 1.165) is 4.70 Å². The summed E-state index contributed by atoms with van der Waals surface area (Å²) in [5.41, 5.74) is 0.982. The second-order valence-electron chi connectivity index (χ2n) is 6.50. The number of carbonyl (C=O) groups excluding carboxylic acids is 1. The van der Waals surface area contributed by atoms with Gasteiger partial charge in [0.1, 0.15) is 28.5 Å². The number of fused-ring (bicyclic) bond motifs is 1. The van der Waals surface area contributed by atoms with Crippen LogP contribution in [0.15, 0.2) is 53.1 Å². The minimum atomic E-state index is -0.289. The molecule has 0 unspecified atom stereocenters. The Bertz CT molecular complexity index is 1200. The van der Waals surface area contributed by atoms with Crippen LogP contribution in [0.4, 0.5) is 5.13 Å². The zero-order chi connectivity index (χ0) is 22.0. The number of hydrogen-bond donors (Lipinski definition) is 0. The van der Waals surface area contributed by atoms with E-state index in [1.54, 1.807) is 55.8 Å². The average molecular weight is 459 g/mol. The summed E-state index contributed by atoms with van der Waals surface area (Å²) < 4.78 is 22.3. The Kier molecular flexibility index (Phi) is 6.01. The lowest BCUT2D eigenvalue weighted by molar-refractivity contribution is 0.0982. The van der Waals surface area contributed by atoms with E-state index in [4.69, 9.17) is 30.2 Å². The van der Waals surface area contributed by atoms with Gasteiger partial charge in [-0.2, -0.15) is 0 Å². The van der Waals surface area contributed by atoms with Gasteiger partial charge in [-0.25, -0.2) is 4.98 Å². The number of rotatable bonds is 7. The first-order valence-corrected chi connectivity index (χ1v) is 10.4.